The molecule has 0 saturated heterocycles. The number of ether oxygens (including phenoxy) is 2. The summed E-state index contributed by atoms with van der Waals surface area (Å²) < 4.78 is 11.4. The highest BCUT2D eigenvalue weighted by Gasteiger charge is 2.60. The van der Waals surface area contributed by atoms with E-state index in [4.69, 9.17) is 15.2 Å². The van der Waals surface area contributed by atoms with Crippen molar-refractivity contribution in [3.63, 3.8) is 0 Å². The van der Waals surface area contributed by atoms with Gasteiger partial charge in [0.2, 0.25) is 0 Å². The Morgan fingerprint density at radius 1 is 0.940 bits per heavy atom. The van der Waals surface area contributed by atoms with Gasteiger partial charge in [-0.2, -0.15) is 0 Å². The highest BCUT2D eigenvalue weighted by atomic mass is 32.1. The number of amides is 2. The molecule has 0 radical (unpaired) electrons. The molecule has 4 aromatic rings. The number of nitrogens with one attached hydrogen (secondary N) is 2. The smallest absolute Gasteiger partial charge is 0.357 e. The van der Waals surface area contributed by atoms with Gasteiger partial charge in [-0.15, -0.1) is 11.3 Å². The predicted molar refractivity (Wildman–Crippen MR) is 193 cm³/mol. The Balaban J connectivity index is 1.19. The molecule has 3 unspecified atom stereocenters. The third-order valence-corrected chi connectivity index (χ3v) is 12.2. The van der Waals surface area contributed by atoms with E-state index in [0.29, 0.717) is 47.2 Å². The van der Waals surface area contributed by atoms with E-state index in [1.807, 2.05) is 35.7 Å². The fraction of sp³-hybridized carbons (Fsp3) is 0.400. The normalized spacial score (nSPS) is 25.9. The van der Waals surface area contributed by atoms with Crippen LogP contribution in [0.1, 0.15) is 94.8 Å². The van der Waals surface area contributed by atoms with Crippen LogP contribution in [0.25, 0.3) is 21.6 Å². The van der Waals surface area contributed by atoms with Crippen LogP contribution in [0.15, 0.2) is 60.0 Å². The molecule has 5 aliphatic rings. The second-order valence-corrected chi connectivity index (χ2v) is 16.5. The summed E-state index contributed by atoms with van der Waals surface area (Å²) in [5.41, 5.74) is 10.7. The fourth-order valence-corrected chi connectivity index (χ4v) is 11.2. The molecule has 2 aromatic heterocycles. The molecule has 4 atom stereocenters. The Morgan fingerprint density at radius 3 is 2.40 bits per heavy atom. The monoisotopic (exact) mass is 690 g/mol. The molecule has 258 valence electrons. The molecule has 3 heterocycles. The molecular formula is C40H42N4O5S. The number of esters is 1. The largest absolute Gasteiger partial charge is 0.493 e. The van der Waals surface area contributed by atoms with Crippen LogP contribution in [-0.4, -0.2) is 42.0 Å². The fourth-order valence-electron chi connectivity index (χ4n) is 10.2. The number of carbonyl (C=O) groups excluding carboxylic acids is 3. The van der Waals surface area contributed by atoms with Crippen molar-refractivity contribution in [2.75, 3.05) is 19.0 Å². The maximum Gasteiger partial charge on any atom is 0.357 e. The molecule has 10 heteroatoms. The first-order valence-corrected chi connectivity index (χ1v) is 18.3. The standard InChI is InChI=1S/C40H42N4O5S/c1-38-16-24-17-39(2,20-38)22-40(18-24,21-38)44-36(46)31-9-8-27(33(43-31)37(47)48-3)28-15-32-30(34-25(10-12-49-32)11-13-50-34)14-29(28)35(45)42-26-6-4-23(19-41)5-7-26/h4-9,11,13-15,24H,10,12,16-22,41H2,1-3H3,(H,42,45)(H,44,46)/t24?,38-,39?,40?/m0/s1. The van der Waals surface area contributed by atoms with E-state index in [1.54, 1.807) is 29.5 Å². The topological polar surface area (TPSA) is 133 Å². The second-order valence-electron chi connectivity index (χ2n) is 15.6. The zero-order chi connectivity index (χ0) is 34.8. The minimum Gasteiger partial charge on any atom is -0.493 e. The summed E-state index contributed by atoms with van der Waals surface area (Å²) in [7, 11) is 1.29. The highest BCUT2D eigenvalue weighted by molar-refractivity contribution is 7.13. The van der Waals surface area contributed by atoms with E-state index in [-0.39, 0.29) is 39.6 Å². The molecule has 2 aromatic carbocycles. The number of hydrogen-bond donors (Lipinski definition) is 3. The van der Waals surface area contributed by atoms with Gasteiger partial charge in [-0.1, -0.05) is 26.0 Å². The summed E-state index contributed by atoms with van der Waals surface area (Å²) >= 11 is 1.60. The first kappa shape index (κ1) is 32.7. The van der Waals surface area contributed by atoms with Crippen molar-refractivity contribution < 1.29 is 23.9 Å². The SMILES string of the molecule is COC(=O)c1nc(C(=O)NC23CC4CC(C)(C2)C[C@](C)(C4)C3)ccc1-c1cc2c(cc1C(=O)Nc1ccc(CN)cc1)-c1sccc1CCO2. The summed E-state index contributed by atoms with van der Waals surface area (Å²) in [5, 5.41) is 8.46. The molecule has 2 amide bonds. The van der Waals surface area contributed by atoms with Gasteiger partial charge in [0, 0.05) is 51.3 Å². The number of nitrogens with zero attached hydrogens (tertiary/aromatic N) is 1. The lowest BCUT2D eigenvalue weighted by atomic mass is 9.43. The van der Waals surface area contributed by atoms with Crippen molar-refractivity contribution >= 4 is 34.8 Å². The van der Waals surface area contributed by atoms with Crippen molar-refractivity contribution in [3.8, 4) is 27.3 Å². The van der Waals surface area contributed by atoms with Gasteiger partial charge in [0.15, 0.2) is 5.69 Å². The molecule has 4 bridgehead atoms. The number of fused-ring (bicyclic) bond motifs is 3. The Morgan fingerprint density at radius 2 is 1.70 bits per heavy atom. The number of hydrogen-bond acceptors (Lipinski definition) is 8. The summed E-state index contributed by atoms with van der Waals surface area (Å²) in [4.78, 5) is 47.2. The lowest BCUT2D eigenvalue weighted by Gasteiger charge is -2.65. The zero-order valence-corrected chi connectivity index (χ0v) is 29.5. The summed E-state index contributed by atoms with van der Waals surface area (Å²) in [6, 6.07) is 16.4. The van der Waals surface area contributed by atoms with E-state index in [9.17, 15) is 14.4 Å². The van der Waals surface area contributed by atoms with Crippen LogP contribution in [0.4, 0.5) is 5.69 Å². The molecule has 9 nitrogen and oxygen atoms in total. The molecule has 9 rings (SSSR count). The van der Waals surface area contributed by atoms with E-state index in [0.717, 1.165) is 47.3 Å². The van der Waals surface area contributed by atoms with E-state index < -0.39 is 5.97 Å². The molecule has 50 heavy (non-hydrogen) atoms. The van der Waals surface area contributed by atoms with Crippen LogP contribution in [0.5, 0.6) is 5.75 Å². The zero-order valence-electron chi connectivity index (χ0n) is 28.7. The maximum absolute atomic E-state index is 14.1. The first-order valence-electron chi connectivity index (χ1n) is 17.4. The second kappa shape index (κ2) is 12.1. The van der Waals surface area contributed by atoms with E-state index in [1.165, 1.54) is 26.4 Å². The van der Waals surface area contributed by atoms with Crippen molar-refractivity contribution in [1.82, 2.24) is 10.3 Å². The van der Waals surface area contributed by atoms with Gasteiger partial charge in [-0.25, -0.2) is 9.78 Å². The van der Waals surface area contributed by atoms with Gasteiger partial charge in [-0.05, 0) is 114 Å². The number of aromatic nitrogens is 1. The number of rotatable bonds is 7. The molecular weight excluding hydrogens is 649 g/mol. The molecule has 4 fully saturated rings. The average Bonchev–Trinajstić information content (AvgIpc) is 3.47. The van der Waals surface area contributed by atoms with Crippen LogP contribution in [0.3, 0.4) is 0 Å². The van der Waals surface area contributed by atoms with Crippen molar-refractivity contribution in [3.05, 3.63) is 88.1 Å². The van der Waals surface area contributed by atoms with Crippen LogP contribution in [0, 0.1) is 16.7 Å². The molecule has 4 N–H and O–H groups in total. The number of anilines is 1. The third-order valence-electron chi connectivity index (χ3n) is 11.2. The highest BCUT2D eigenvalue weighted by Crippen LogP contribution is 2.66. The van der Waals surface area contributed by atoms with Gasteiger partial charge < -0.3 is 25.8 Å². The molecule has 1 aliphatic heterocycles. The molecule has 0 spiro atoms. The summed E-state index contributed by atoms with van der Waals surface area (Å²) in [5.74, 6) is -0.167. The lowest BCUT2D eigenvalue weighted by molar-refractivity contribution is -0.114. The Hall–Kier alpha value is -4.54. The Labute approximate surface area is 296 Å². The number of methoxy groups -OCH3 is 1. The number of pyridine rings is 1. The van der Waals surface area contributed by atoms with Gasteiger partial charge >= 0.3 is 5.97 Å². The van der Waals surface area contributed by atoms with Crippen molar-refractivity contribution in [2.24, 2.45) is 22.5 Å². The van der Waals surface area contributed by atoms with Gasteiger partial charge in [0.1, 0.15) is 11.4 Å². The number of benzene rings is 2. The Kier molecular flexibility index (Phi) is 7.87. The lowest BCUT2D eigenvalue weighted by Crippen LogP contribution is -2.65. The van der Waals surface area contributed by atoms with Gasteiger partial charge in [-0.3, -0.25) is 9.59 Å². The Bertz CT molecular complexity index is 2020. The number of nitrogens with two attached hydrogens (primary N) is 1. The predicted octanol–water partition coefficient (Wildman–Crippen LogP) is 7.39. The summed E-state index contributed by atoms with van der Waals surface area (Å²) in [6.07, 6.45) is 7.24. The van der Waals surface area contributed by atoms with Gasteiger partial charge in [0.25, 0.3) is 11.8 Å². The van der Waals surface area contributed by atoms with Crippen LogP contribution < -0.4 is 21.1 Å². The van der Waals surface area contributed by atoms with Crippen LogP contribution in [-0.2, 0) is 17.7 Å². The van der Waals surface area contributed by atoms with Gasteiger partial charge in [0.05, 0.1) is 13.7 Å². The first-order chi connectivity index (χ1) is 24.0. The third kappa shape index (κ3) is 5.78. The number of carbonyl (C=O) groups is 3. The molecule has 4 saturated carbocycles. The minimum atomic E-state index is -0.704. The quantitative estimate of drug-likeness (QED) is 0.172. The van der Waals surface area contributed by atoms with E-state index in [2.05, 4.69) is 35.5 Å². The van der Waals surface area contributed by atoms with Crippen molar-refractivity contribution in [2.45, 2.75) is 70.9 Å². The summed E-state index contributed by atoms with van der Waals surface area (Å²) in [6.45, 7) is 5.60. The van der Waals surface area contributed by atoms with E-state index >= 15 is 0 Å². The average molecular weight is 691 g/mol. The number of thiophene rings is 1. The maximum atomic E-state index is 14.1. The van der Waals surface area contributed by atoms with Crippen LogP contribution in [0.2, 0.25) is 0 Å². The molecule has 4 aliphatic carbocycles. The van der Waals surface area contributed by atoms with Crippen molar-refractivity contribution in [1.29, 1.82) is 0 Å². The van der Waals surface area contributed by atoms with Crippen LogP contribution >= 0.6 is 11.3 Å². The minimum absolute atomic E-state index is 0.0451.